The zero-order valence-corrected chi connectivity index (χ0v) is 13.2. The van der Waals surface area contributed by atoms with Crippen LogP contribution in [0.15, 0.2) is 12.3 Å². The number of hydrogen-bond donors (Lipinski definition) is 2. The average Bonchev–Trinajstić information content (AvgIpc) is 2.77. The number of ether oxygens (including phenoxy) is 1. The van der Waals surface area contributed by atoms with E-state index in [9.17, 15) is 9.59 Å². The number of anilines is 1. The molecule has 118 valence electrons. The van der Waals surface area contributed by atoms with Gasteiger partial charge in [0, 0.05) is 18.8 Å². The summed E-state index contributed by atoms with van der Waals surface area (Å²) in [7, 11) is 0. The Morgan fingerprint density at radius 3 is 2.62 bits per heavy atom. The second kappa shape index (κ2) is 7.71. The summed E-state index contributed by atoms with van der Waals surface area (Å²) in [5, 5.41) is 2.78. The maximum atomic E-state index is 12.0. The molecule has 1 amide bonds. The first-order chi connectivity index (χ1) is 9.85. The third-order valence-corrected chi connectivity index (χ3v) is 3.31. The number of hydrogen-bond acceptors (Lipinski definition) is 4. The van der Waals surface area contributed by atoms with Gasteiger partial charge in [-0.2, -0.15) is 0 Å². The van der Waals surface area contributed by atoms with Crippen LogP contribution in [-0.2, 0) is 16.1 Å². The Kier molecular flexibility index (Phi) is 6.27. The van der Waals surface area contributed by atoms with E-state index in [0.717, 1.165) is 6.42 Å². The summed E-state index contributed by atoms with van der Waals surface area (Å²) in [6.07, 6.45) is 2.57. The van der Waals surface area contributed by atoms with Gasteiger partial charge in [0.05, 0.1) is 5.69 Å². The van der Waals surface area contributed by atoms with Crippen molar-refractivity contribution in [2.75, 3.05) is 12.3 Å². The molecule has 0 fully saturated rings. The largest absolute Gasteiger partial charge is 0.451 e. The number of rotatable bonds is 7. The van der Waals surface area contributed by atoms with Gasteiger partial charge in [-0.1, -0.05) is 20.8 Å². The van der Waals surface area contributed by atoms with Crippen LogP contribution in [0.2, 0.25) is 0 Å². The van der Waals surface area contributed by atoms with Crippen LogP contribution >= 0.6 is 0 Å². The fourth-order valence-electron chi connectivity index (χ4n) is 1.80. The van der Waals surface area contributed by atoms with E-state index < -0.39 is 5.97 Å². The lowest BCUT2D eigenvalue weighted by Crippen LogP contribution is -2.38. The van der Waals surface area contributed by atoms with Gasteiger partial charge in [0.15, 0.2) is 6.61 Å². The summed E-state index contributed by atoms with van der Waals surface area (Å²) in [6, 6.07) is 1.60. The first kappa shape index (κ1) is 17.1. The molecule has 1 heterocycles. The van der Waals surface area contributed by atoms with Crippen molar-refractivity contribution in [3.8, 4) is 0 Å². The van der Waals surface area contributed by atoms with Crippen molar-refractivity contribution in [3.63, 3.8) is 0 Å². The summed E-state index contributed by atoms with van der Waals surface area (Å²) < 4.78 is 6.79. The quantitative estimate of drug-likeness (QED) is 0.751. The molecule has 0 aliphatic carbocycles. The summed E-state index contributed by atoms with van der Waals surface area (Å²) in [4.78, 5) is 23.7. The number of nitrogens with one attached hydrogen (secondary N) is 1. The number of aryl methyl sites for hydroxylation is 1. The van der Waals surface area contributed by atoms with E-state index in [1.807, 2.05) is 27.7 Å². The van der Waals surface area contributed by atoms with E-state index in [4.69, 9.17) is 10.5 Å². The molecule has 0 radical (unpaired) electrons. The minimum absolute atomic E-state index is 0.0378. The first-order valence-electron chi connectivity index (χ1n) is 7.27. The number of carbonyl (C=O) groups excluding carboxylic acids is 2. The van der Waals surface area contributed by atoms with Crippen molar-refractivity contribution in [2.24, 2.45) is 5.92 Å². The zero-order valence-electron chi connectivity index (χ0n) is 13.2. The van der Waals surface area contributed by atoms with Gasteiger partial charge in [0.25, 0.3) is 5.91 Å². The van der Waals surface area contributed by atoms with Crippen LogP contribution in [0.1, 0.15) is 44.6 Å². The van der Waals surface area contributed by atoms with Crippen molar-refractivity contribution in [3.05, 3.63) is 18.0 Å². The predicted octanol–water partition coefficient (Wildman–Crippen LogP) is 1.80. The van der Waals surface area contributed by atoms with Crippen molar-refractivity contribution in [2.45, 2.75) is 46.7 Å². The van der Waals surface area contributed by atoms with Crippen LogP contribution in [0, 0.1) is 5.92 Å². The van der Waals surface area contributed by atoms with E-state index in [1.165, 1.54) is 0 Å². The van der Waals surface area contributed by atoms with Gasteiger partial charge in [-0.15, -0.1) is 0 Å². The lowest BCUT2D eigenvalue weighted by atomic mass is 10.1. The number of nitrogens with zero attached hydrogens (tertiary/aromatic N) is 1. The van der Waals surface area contributed by atoms with Crippen LogP contribution in [0.5, 0.6) is 0 Å². The van der Waals surface area contributed by atoms with E-state index in [0.29, 0.717) is 23.8 Å². The number of amides is 1. The lowest BCUT2D eigenvalue weighted by Gasteiger charge is -2.17. The topological polar surface area (TPSA) is 86.3 Å². The van der Waals surface area contributed by atoms with Crippen molar-refractivity contribution in [1.29, 1.82) is 0 Å². The highest BCUT2D eigenvalue weighted by Crippen LogP contribution is 2.12. The number of nitrogens with two attached hydrogens (primary N) is 1. The van der Waals surface area contributed by atoms with Gasteiger partial charge in [0.1, 0.15) is 5.69 Å². The van der Waals surface area contributed by atoms with Gasteiger partial charge in [-0.25, -0.2) is 4.79 Å². The molecule has 0 saturated carbocycles. The maximum Gasteiger partial charge on any atom is 0.355 e. The Balaban J connectivity index is 2.56. The van der Waals surface area contributed by atoms with Crippen LogP contribution < -0.4 is 11.1 Å². The Morgan fingerprint density at radius 2 is 2.05 bits per heavy atom. The zero-order chi connectivity index (χ0) is 16.0. The minimum atomic E-state index is -0.535. The average molecular weight is 295 g/mol. The molecule has 0 aromatic carbocycles. The molecule has 6 nitrogen and oxygen atoms in total. The van der Waals surface area contributed by atoms with Gasteiger partial charge in [-0.05, 0) is 25.3 Å². The molecule has 0 aliphatic rings. The summed E-state index contributed by atoms with van der Waals surface area (Å²) in [6.45, 7) is 8.34. The molecule has 1 aromatic rings. The van der Waals surface area contributed by atoms with Gasteiger partial charge < -0.3 is 20.4 Å². The number of carbonyl (C=O) groups is 2. The second-order valence-electron chi connectivity index (χ2n) is 5.53. The van der Waals surface area contributed by atoms with E-state index >= 15 is 0 Å². The Bertz CT molecular complexity index is 494. The highest BCUT2D eigenvalue weighted by molar-refractivity contribution is 5.91. The molecule has 1 rings (SSSR count). The monoisotopic (exact) mass is 295 g/mol. The highest BCUT2D eigenvalue weighted by Gasteiger charge is 2.17. The fraction of sp³-hybridized carbons (Fsp3) is 0.600. The molecule has 1 atom stereocenters. The van der Waals surface area contributed by atoms with Gasteiger partial charge in [0.2, 0.25) is 0 Å². The minimum Gasteiger partial charge on any atom is -0.451 e. The summed E-state index contributed by atoms with van der Waals surface area (Å²) in [5.74, 6) is -0.509. The fourth-order valence-corrected chi connectivity index (χ4v) is 1.80. The van der Waals surface area contributed by atoms with E-state index in [-0.39, 0.29) is 18.6 Å². The Morgan fingerprint density at radius 1 is 1.38 bits per heavy atom. The molecular weight excluding hydrogens is 270 g/mol. The standard InChI is InChI=1S/C15H25N3O3/c1-5-6-18-8-12(16)7-13(18)15(20)21-9-14(19)17-11(4)10(2)3/h7-8,10-11H,5-6,9,16H2,1-4H3,(H,17,19). The highest BCUT2D eigenvalue weighted by atomic mass is 16.5. The molecule has 1 aromatic heterocycles. The second-order valence-corrected chi connectivity index (χ2v) is 5.53. The van der Waals surface area contributed by atoms with Crippen LogP contribution in [0.4, 0.5) is 5.69 Å². The Labute approximate surface area is 125 Å². The van der Waals surface area contributed by atoms with Crippen LogP contribution in [-0.4, -0.2) is 29.1 Å². The molecule has 0 bridgehead atoms. The smallest absolute Gasteiger partial charge is 0.355 e. The van der Waals surface area contributed by atoms with Gasteiger partial charge >= 0.3 is 5.97 Å². The first-order valence-corrected chi connectivity index (χ1v) is 7.27. The van der Waals surface area contributed by atoms with Crippen molar-refractivity contribution >= 4 is 17.6 Å². The van der Waals surface area contributed by atoms with Crippen LogP contribution in [0.25, 0.3) is 0 Å². The summed E-state index contributed by atoms with van der Waals surface area (Å²) >= 11 is 0. The Hall–Kier alpha value is -1.98. The molecule has 0 aliphatic heterocycles. The van der Waals surface area contributed by atoms with E-state index in [1.54, 1.807) is 16.8 Å². The number of aromatic nitrogens is 1. The molecule has 1 unspecified atom stereocenters. The molecule has 3 N–H and O–H groups in total. The van der Waals surface area contributed by atoms with E-state index in [2.05, 4.69) is 5.32 Å². The maximum absolute atomic E-state index is 12.0. The van der Waals surface area contributed by atoms with Crippen molar-refractivity contribution in [1.82, 2.24) is 9.88 Å². The molecule has 0 saturated heterocycles. The molecule has 0 spiro atoms. The third-order valence-electron chi connectivity index (χ3n) is 3.31. The number of nitrogen functional groups attached to an aromatic ring is 1. The number of esters is 1. The van der Waals surface area contributed by atoms with Gasteiger partial charge in [-0.3, -0.25) is 4.79 Å². The lowest BCUT2D eigenvalue weighted by molar-refractivity contribution is -0.125. The molecular formula is C15H25N3O3. The predicted molar refractivity (Wildman–Crippen MR) is 81.9 cm³/mol. The normalized spacial score (nSPS) is 12.2. The van der Waals surface area contributed by atoms with Crippen LogP contribution in [0.3, 0.4) is 0 Å². The molecule has 21 heavy (non-hydrogen) atoms. The molecule has 6 heteroatoms. The summed E-state index contributed by atoms with van der Waals surface area (Å²) in [5.41, 5.74) is 6.58. The SMILES string of the molecule is CCCn1cc(N)cc1C(=O)OCC(=O)NC(C)C(C)C. The third kappa shape index (κ3) is 5.13. The van der Waals surface area contributed by atoms with Crippen molar-refractivity contribution < 1.29 is 14.3 Å².